The van der Waals surface area contributed by atoms with Crippen LogP contribution in [0.15, 0.2) is 60.7 Å². The fourth-order valence-electron chi connectivity index (χ4n) is 4.43. The van der Waals surface area contributed by atoms with Gasteiger partial charge in [0.15, 0.2) is 0 Å². The second kappa shape index (κ2) is 12.4. The van der Waals surface area contributed by atoms with Crippen LogP contribution >= 0.6 is 12.4 Å². The van der Waals surface area contributed by atoms with Crippen molar-refractivity contribution >= 4 is 29.9 Å². The van der Waals surface area contributed by atoms with Gasteiger partial charge >= 0.3 is 12.1 Å². The fourth-order valence-corrected chi connectivity index (χ4v) is 4.43. The first-order chi connectivity index (χ1) is 18.0. The van der Waals surface area contributed by atoms with E-state index in [-0.39, 0.29) is 35.7 Å². The van der Waals surface area contributed by atoms with Gasteiger partial charge in [0.25, 0.3) is 0 Å². The standard InChI is InChI=1S/C27H26F4N4O3.ClH/c28-20-3-1-2-19(13-20)16-8-10-18(11-9-16)24(27(29,30)31)38-23-14-22(34-26(33)35-23)17-6-4-15(5-7-17)12-21(32)25(36)37;/h1-3,6,8-11,13-15,21,24H,4-5,7,12,32H2,(H,36,37)(H2,33,34,35);1H/t15?,21-,24+;/m0./s1. The molecule has 12 heteroatoms. The third-order valence-electron chi connectivity index (χ3n) is 6.38. The molecule has 0 amide bonds. The highest BCUT2D eigenvalue weighted by atomic mass is 35.5. The molecule has 7 nitrogen and oxygen atoms in total. The van der Waals surface area contributed by atoms with Gasteiger partial charge in [0, 0.05) is 11.6 Å². The number of rotatable bonds is 8. The van der Waals surface area contributed by atoms with Gasteiger partial charge in [0.05, 0.1) is 5.69 Å². The van der Waals surface area contributed by atoms with E-state index in [1.165, 1.54) is 48.5 Å². The van der Waals surface area contributed by atoms with Crippen molar-refractivity contribution < 1.29 is 32.2 Å². The lowest BCUT2D eigenvalue weighted by Gasteiger charge is -2.24. The van der Waals surface area contributed by atoms with E-state index >= 15 is 0 Å². The van der Waals surface area contributed by atoms with E-state index < -0.39 is 30.1 Å². The number of allylic oxidation sites excluding steroid dienone is 2. The van der Waals surface area contributed by atoms with Crippen molar-refractivity contribution in [2.45, 2.75) is 44.0 Å². The van der Waals surface area contributed by atoms with Gasteiger partial charge in [-0.1, -0.05) is 42.5 Å². The Hall–Kier alpha value is -3.70. The van der Waals surface area contributed by atoms with Crippen molar-refractivity contribution in [2.24, 2.45) is 11.7 Å². The fraction of sp³-hybridized carbons (Fsp3) is 0.296. The summed E-state index contributed by atoms with van der Waals surface area (Å²) in [6.45, 7) is 0. The van der Waals surface area contributed by atoms with Gasteiger partial charge in [-0.2, -0.15) is 18.2 Å². The number of hydrogen-bond donors (Lipinski definition) is 3. The van der Waals surface area contributed by atoms with Gasteiger partial charge < -0.3 is 21.3 Å². The zero-order chi connectivity index (χ0) is 27.4. The molecule has 3 atom stereocenters. The molecule has 0 radical (unpaired) electrons. The first-order valence-electron chi connectivity index (χ1n) is 11.9. The number of carbonyl (C=O) groups is 1. The van der Waals surface area contributed by atoms with Crippen LogP contribution in [0.4, 0.5) is 23.5 Å². The minimum Gasteiger partial charge on any atom is -0.480 e. The highest BCUT2D eigenvalue weighted by Gasteiger charge is 2.43. The molecule has 1 heterocycles. The summed E-state index contributed by atoms with van der Waals surface area (Å²) in [5.74, 6) is -2.01. The summed E-state index contributed by atoms with van der Waals surface area (Å²) in [6, 6.07) is 11.6. The molecule has 3 aromatic rings. The number of halogens is 5. The molecule has 0 spiro atoms. The number of alkyl halides is 3. The largest absolute Gasteiger partial charge is 0.480 e. The van der Waals surface area contributed by atoms with Crippen molar-refractivity contribution in [1.29, 1.82) is 0 Å². The number of hydrogen-bond acceptors (Lipinski definition) is 6. The number of aromatic nitrogens is 2. The topological polar surface area (TPSA) is 124 Å². The van der Waals surface area contributed by atoms with Crippen LogP contribution in [0.5, 0.6) is 5.88 Å². The van der Waals surface area contributed by atoms with Crippen LogP contribution < -0.4 is 16.2 Å². The summed E-state index contributed by atoms with van der Waals surface area (Å²) in [7, 11) is 0. The van der Waals surface area contributed by atoms with Crippen LogP contribution in [-0.4, -0.2) is 33.3 Å². The highest BCUT2D eigenvalue weighted by Crippen LogP contribution is 2.38. The average molecular weight is 567 g/mol. The summed E-state index contributed by atoms with van der Waals surface area (Å²) >= 11 is 0. The molecule has 1 unspecified atom stereocenters. The minimum absolute atomic E-state index is 0. The van der Waals surface area contributed by atoms with Crippen LogP contribution in [-0.2, 0) is 4.79 Å². The lowest BCUT2D eigenvalue weighted by atomic mass is 9.84. The Morgan fingerprint density at radius 3 is 2.41 bits per heavy atom. The van der Waals surface area contributed by atoms with Crippen LogP contribution in [0.25, 0.3) is 16.7 Å². The lowest BCUT2D eigenvalue weighted by Crippen LogP contribution is -2.32. The van der Waals surface area contributed by atoms with Gasteiger partial charge in [-0.3, -0.25) is 4.79 Å². The Labute approximate surface area is 228 Å². The van der Waals surface area contributed by atoms with E-state index in [0.717, 1.165) is 5.57 Å². The SMILES string of the molecule is Cl.Nc1nc(O[C@H](c2ccc(-c3cccc(F)c3)cc2)C(F)(F)F)cc(C2=CCC(C[C@H](N)C(=O)O)CC2)n1. The van der Waals surface area contributed by atoms with Crippen molar-refractivity contribution in [2.75, 3.05) is 5.73 Å². The van der Waals surface area contributed by atoms with Crippen LogP contribution in [0.3, 0.4) is 0 Å². The maximum Gasteiger partial charge on any atom is 0.429 e. The third kappa shape index (κ3) is 7.67. The summed E-state index contributed by atoms with van der Waals surface area (Å²) in [5, 5.41) is 9.01. The molecular formula is C27H27ClF4N4O3. The average Bonchev–Trinajstić information content (AvgIpc) is 2.87. The molecular weight excluding hydrogens is 540 g/mol. The highest BCUT2D eigenvalue weighted by molar-refractivity contribution is 5.85. The van der Waals surface area contributed by atoms with E-state index in [1.54, 1.807) is 6.07 Å². The second-order valence-electron chi connectivity index (χ2n) is 9.17. The summed E-state index contributed by atoms with van der Waals surface area (Å²) in [6.07, 6.45) is -3.17. The molecule has 5 N–H and O–H groups in total. The monoisotopic (exact) mass is 566 g/mol. The number of carboxylic acids is 1. The Morgan fingerprint density at radius 1 is 1.10 bits per heavy atom. The number of aliphatic carboxylic acids is 1. The number of nitrogens with zero attached hydrogens (tertiary/aromatic N) is 2. The molecule has 4 rings (SSSR count). The lowest BCUT2D eigenvalue weighted by molar-refractivity contribution is -0.198. The molecule has 1 aromatic heterocycles. The van der Waals surface area contributed by atoms with Crippen LogP contribution in [0.1, 0.15) is 43.0 Å². The zero-order valence-electron chi connectivity index (χ0n) is 20.6. The second-order valence-corrected chi connectivity index (χ2v) is 9.17. The van der Waals surface area contributed by atoms with E-state index in [1.807, 2.05) is 6.08 Å². The number of anilines is 1. The smallest absolute Gasteiger partial charge is 0.429 e. The Balaban J connectivity index is 0.00000420. The molecule has 0 saturated heterocycles. The predicted molar refractivity (Wildman–Crippen MR) is 140 cm³/mol. The molecule has 39 heavy (non-hydrogen) atoms. The molecule has 1 aliphatic carbocycles. The Morgan fingerprint density at radius 2 is 1.82 bits per heavy atom. The van der Waals surface area contributed by atoms with Gasteiger partial charge in [0.2, 0.25) is 17.9 Å². The van der Waals surface area contributed by atoms with E-state index in [0.29, 0.717) is 42.5 Å². The normalized spacial score (nSPS) is 16.9. The molecule has 0 saturated carbocycles. The Bertz CT molecular complexity index is 1340. The maximum atomic E-state index is 14.0. The van der Waals surface area contributed by atoms with Crippen LogP contribution in [0.2, 0.25) is 0 Å². The van der Waals surface area contributed by atoms with Crippen molar-refractivity contribution in [3.8, 4) is 17.0 Å². The summed E-state index contributed by atoms with van der Waals surface area (Å²) in [4.78, 5) is 19.0. The zero-order valence-corrected chi connectivity index (χ0v) is 21.4. The van der Waals surface area contributed by atoms with Crippen LogP contribution in [0, 0.1) is 11.7 Å². The summed E-state index contributed by atoms with van der Waals surface area (Å²) in [5.41, 5.74) is 13.4. The number of nitrogen functional groups attached to an aromatic ring is 1. The molecule has 0 fully saturated rings. The van der Waals surface area contributed by atoms with Gasteiger partial charge in [0.1, 0.15) is 11.9 Å². The van der Waals surface area contributed by atoms with E-state index in [9.17, 15) is 22.4 Å². The van der Waals surface area contributed by atoms with E-state index in [2.05, 4.69) is 9.97 Å². The molecule has 2 aromatic carbocycles. The Kier molecular flexibility index (Phi) is 9.52. The third-order valence-corrected chi connectivity index (χ3v) is 6.38. The van der Waals surface area contributed by atoms with E-state index in [4.69, 9.17) is 21.3 Å². The number of nitrogens with two attached hydrogens (primary N) is 2. The quantitative estimate of drug-likeness (QED) is 0.288. The summed E-state index contributed by atoms with van der Waals surface area (Å²) < 4.78 is 60.9. The minimum atomic E-state index is -4.76. The first-order valence-corrected chi connectivity index (χ1v) is 11.9. The van der Waals surface area contributed by atoms with Gasteiger partial charge in [-0.05, 0) is 60.4 Å². The van der Waals surface area contributed by atoms with Crippen molar-refractivity contribution in [3.05, 3.63) is 77.7 Å². The molecule has 0 aliphatic heterocycles. The van der Waals surface area contributed by atoms with Gasteiger partial charge in [-0.25, -0.2) is 9.37 Å². The predicted octanol–water partition coefficient (Wildman–Crippen LogP) is 5.95. The number of carboxylic acid groups (broad SMARTS) is 1. The molecule has 208 valence electrons. The number of benzene rings is 2. The molecule has 1 aliphatic rings. The van der Waals surface area contributed by atoms with Gasteiger partial charge in [-0.15, -0.1) is 12.4 Å². The first kappa shape index (κ1) is 29.9. The van der Waals surface area contributed by atoms with Crippen molar-refractivity contribution in [1.82, 2.24) is 9.97 Å². The molecule has 0 bridgehead atoms. The maximum absolute atomic E-state index is 14.0. The number of ether oxygens (including phenoxy) is 1. The van der Waals surface area contributed by atoms with Crippen molar-refractivity contribution in [3.63, 3.8) is 0 Å².